The third-order valence-electron chi connectivity index (χ3n) is 4.23. The summed E-state index contributed by atoms with van der Waals surface area (Å²) in [5, 5.41) is 11.5. The van der Waals surface area contributed by atoms with Gasteiger partial charge in [0.2, 0.25) is 0 Å². The molecule has 1 heterocycles. The van der Waals surface area contributed by atoms with E-state index in [1.807, 2.05) is 36.4 Å². The number of hydrogen-bond acceptors (Lipinski definition) is 5. The molecule has 0 unspecified atom stereocenters. The standard InChI is InChI=1S/C21H16O5/c1-24-15-5-2-13(3-6-15)12-25-16-7-9-17-18-8-4-14(22)10-20(18)26-21(23)19(17)11-16/h2-11,22H,12H2,1H3. The van der Waals surface area contributed by atoms with Crippen molar-refractivity contribution in [2.45, 2.75) is 6.61 Å². The van der Waals surface area contributed by atoms with Crippen LogP contribution in [0.25, 0.3) is 21.7 Å². The smallest absolute Gasteiger partial charge is 0.344 e. The number of rotatable bonds is 4. The minimum Gasteiger partial charge on any atom is -0.508 e. The monoisotopic (exact) mass is 348 g/mol. The van der Waals surface area contributed by atoms with Crippen LogP contribution in [0.4, 0.5) is 0 Å². The van der Waals surface area contributed by atoms with Crippen LogP contribution in [-0.2, 0) is 6.61 Å². The van der Waals surface area contributed by atoms with E-state index in [2.05, 4.69) is 0 Å². The van der Waals surface area contributed by atoms with E-state index in [-0.39, 0.29) is 5.75 Å². The van der Waals surface area contributed by atoms with Crippen molar-refractivity contribution in [3.05, 3.63) is 76.6 Å². The first-order valence-electron chi connectivity index (χ1n) is 8.09. The van der Waals surface area contributed by atoms with Gasteiger partial charge in [-0.3, -0.25) is 0 Å². The summed E-state index contributed by atoms with van der Waals surface area (Å²) >= 11 is 0. The molecule has 5 nitrogen and oxygen atoms in total. The third-order valence-corrected chi connectivity index (χ3v) is 4.23. The van der Waals surface area contributed by atoms with Crippen molar-refractivity contribution in [3.63, 3.8) is 0 Å². The molecule has 0 saturated carbocycles. The molecular weight excluding hydrogens is 332 g/mol. The van der Waals surface area contributed by atoms with Crippen LogP contribution in [0.2, 0.25) is 0 Å². The highest BCUT2D eigenvalue weighted by Gasteiger charge is 2.09. The molecule has 4 rings (SSSR count). The highest BCUT2D eigenvalue weighted by molar-refractivity contribution is 6.04. The second-order valence-electron chi connectivity index (χ2n) is 5.91. The Balaban J connectivity index is 1.66. The molecule has 0 amide bonds. The van der Waals surface area contributed by atoms with Crippen molar-refractivity contribution in [2.24, 2.45) is 0 Å². The molecule has 0 bridgehead atoms. The van der Waals surface area contributed by atoms with E-state index in [9.17, 15) is 9.90 Å². The Morgan fingerprint density at radius 3 is 2.38 bits per heavy atom. The molecule has 1 N–H and O–H groups in total. The summed E-state index contributed by atoms with van der Waals surface area (Å²) in [6.45, 7) is 0.377. The van der Waals surface area contributed by atoms with Gasteiger partial charge in [-0.1, -0.05) is 12.1 Å². The lowest BCUT2D eigenvalue weighted by atomic mass is 10.1. The maximum absolute atomic E-state index is 12.3. The second kappa shape index (κ2) is 6.44. The van der Waals surface area contributed by atoms with E-state index < -0.39 is 5.63 Å². The summed E-state index contributed by atoms with van der Waals surface area (Å²) < 4.78 is 16.2. The highest BCUT2D eigenvalue weighted by atomic mass is 16.5. The number of ether oxygens (including phenoxy) is 2. The first kappa shape index (κ1) is 16.0. The van der Waals surface area contributed by atoms with Crippen LogP contribution in [0.3, 0.4) is 0 Å². The molecule has 0 aliphatic rings. The van der Waals surface area contributed by atoms with Crippen molar-refractivity contribution in [1.29, 1.82) is 0 Å². The maximum Gasteiger partial charge on any atom is 0.344 e. The Labute approximate surface area is 149 Å². The van der Waals surface area contributed by atoms with Crippen molar-refractivity contribution in [1.82, 2.24) is 0 Å². The van der Waals surface area contributed by atoms with Gasteiger partial charge >= 0.3 is 5.63 Å². The third kappa shape index (κ3) is 2.95. The molecule has 0 radical (unpaired) electrons. The van der Waals surface area contributed by atoms with Gasteiger partial charge < -0.3 is 19.0 Å². The van der Waals surface area contributed by atoms with Gasteiger partial charge in [-0.2, -0.15) is 0 Å². The quantitative estimate of drug-likeness (QED) is 0.441. The van der Waals surface area contributed by atoms with Crippen LogP contribution in [0.1, 0.15) is 5.56 Å². The summed E-state index contributed by atoms with van der Waals surface area (Å²) in [5.41, 5.74) is 0.884. The van der Waals surface area contributed by atoms with Crippen LogP contribution in [0.5, 0.6) is 17.2 Å². The lowest BCUT2D eigenvalue weighted by Crippen LogP contribution is -2.01. The number of methoxy groups -OCH3 is 1. The van der Waals surface area contributed by atoms with Crippen LogP contribution < -0.4 is 15.1 Å². The molecule has 3 aromatic carbocycles. The van der Waals surface area contributed by atoms with E-state index in [1.54, 1.807) is 25.3 Å². The zero-order valence-electron chi connectivity index (χ0n) is 14.1. The highest BCUT2D eigenvalue weighted by Crippen LogP contribution is 2.28. The predicted octanol–water partition coefficient (Wildman–Crippen LogP) is 4.24. The molecule has 130 valence electrons. The zero-order valence-corrected chi connectivity index (χ0v) is 14.1. The Morgan fingerprint density at radius 2 is 1.62 bits per heavy atom. The summed E-state index contributed by atoms with van der Waals surface area (Å²) in [6, 6.07) is 17.6. The summed E-state index contributed by atoms with van der Waals surface area (Å²) in [6.07, 6.45) is 0. The van der Waals surface area contributed by atoms with Gasteiger partial charge in [-0.15, -0.1) is 0 Å². The fourth-order valence-corrected chi connectivity index (χ4v) is 2.88. The van der Waals surface area contributed by atoms with Crippen LogP contribution in [0, 0.1) is 0 Å². The molecule has 26 heavy (non-hydrogen) atoms. The number of phenols is 1. The predicted molar refractivity (Wildman–Crippen MR) is 99.0 cm³/mol. The average molecular weight is 348 g/mol. The molecular formula is C21H16O5. The zero-order chi connectivity index (χ0) is 18.1. The normalized spacial score (nSPS) is 11.0. The van der Waals surface area contributed by atoms with E-state index in [1.165, 1.54) is 6.07 Å². The number of phenolic OH excluding ortho intramolecular Hbond substituents is 1. The van der Waals surface area contributed by atoms with E-state index in [0.717, 1.165) is 22.1 Å². The Bertz CT molecular complexity index is 1140. The minimum atomic E-state index is -0.465. The summed E-state index contributed by atoms with van der Waals surface area (Å²) in [5.74, 6) is 1.42. The molecule has 1 aromatic heterocycles. The van der Waals surface area contributed by atoms with Crippen LogP contribution >= 0.6 is 0 Å². The molecule has 0 saturated heterocycles. The van der Waals surface area contributed by atoms with Crippen molar-refractivity contribution in [3.8, 4) is 17.2 Å². The van der Waals surface area contributed by atoms with Gasteiger partial charge in [-0.05, 0) is 48.0 Å². The number of fused-ring (bicyclic) bond motifs is 3. The number of benzene rings is 3. The van der Waals surface area contributed by atoms with E-state index in [4.69, 9.17) is 13.9 Å². The van der Waals surface area contributed by atoms with Gasteiger partial charge in [0.15, 0.2) is 0 Å². The summed E-state index contributed by atoms with van der Waals surface area (Å²) in [7, 11) is 1.62. The molecule has 0 atom stereocenters. The maximum atomic E-state index is 12.3. The van der Waals surface area contributed by atoms with Crippen molar-refractivity contribution in [2.75, 3.05) is 7.11 Å². The number of aromatic hydroxyl groups is 1. The molecule has 0 fully saturated rings. The topological polar surface area (TPSA) is 68.9 Å². The van der Waals surface area contributed by atoms with Gasteiger partial charge in [0.1, 0.15) is 29.4 Å². The first-order valence-corrected chi connectivity index (χ1v) is 8.09. The van der Waals surface area contributed by atoms with E-state index in [0.29, 0.717) is 23.3 Å². The van der Waals surface area contributed by atoms with Gasteiger partial charge in [-0.25, -0.2) is 4.79 Å². The van der Waals surface area contributed by atoms with Gasteiger partial charge in [0.25, 0.3) is 0 Å². The fraction of sp³-hybridized carbons (Fsp3) is 0.0952. The van der Waals surface area contributed by atoms with Crippen molar-refractivity contribution < 1.29 is 19.0 Å². The minimum absolute atomic E-state index is 0.0550. The first-order chi connectivity index (χ1) is 12.6. The van der Waals surface area contributed by atoms with Crippen LogP contribution in [0.15, 0.2) is 69.9 Å². The second-order valence-corrected chi connectivity index (χ2v) is 5.91. The van der Waals surface area contributed by atoms with Gasteiger partial charge in [0, 0.05) is 16.8 Å². The Morgan fingerprint density at radius 1 is 0.885 bits per heavy atom. The lowest BCUT2D eigenvalue weighted by Gasteiger charge is -2.09. The average Bonchev–Trinajstić information content (AvgIpc) is 2.66. The largest absolute Gasteiger partial charge is 0.508 e. The Kier molecular flexibility index (Phi) is 3.97. The van der Waals surface area contributed by atoms with Crippen molar-refractivity contribution >= 4 is 21.7 Å². The van der Waals surface area contributed by atoms with E-state index >= 15 is 0 Å². The molecule has 5 heteroatoms. The SMILES string of the molecule is COc1ccc(COc2ccc3c(c2)c(=O)oc2cc(O)ccc23)cc1. The Hall–Kier alpha value is -3.47. The number of hydrogen-bond donors (Lipinski definition) is 1. The molecule has 0 spiro atoms. The fourth-order valence-electron chi connectivity index (χ4n) is 2.88. The summed E-state index contributed by atoms with van der Waals surface area (Å²) in [4.78, 5) is 12.3. The molecule has 0 aliphatic carbocycles. The molecule has 0 aliphatic heterocycles. The lowest BCUT2D eigenvalue weighted by molar-refractivity contribution is 0.306. The van der Waals surface area contributed by atoms with Crippen LogP contribution in [-0.4, -0.2) is 12.2 Å². The molecule has 4 aromatic rings. The van der Waals surface area contributed by atoms with Gasteiger partial charge in [0.05, 0.1) is 12.5 Å².